The summed E-state index contributed by atoms with van der Waals surface area (Å²) in [7, 11) is 0. The molecule has 0 aliphatic rings. The van der Waals surface area contributed by atoms with Crippen LogP contribution in [0, 0.1) is 23.1 Å². The number of unbranched alkanes of at least 4 members (excludes halogenated alkanes) is 1. The summed E-state index contributed by atoms with van der Waals surface area (Å²) >= 11 is 0. The van der Waals surface area contributed by atoms with Gasteiger partial charge in [0.15, 0.2) is 0 Å². The second-order valence-corrected chi connectivity index (χ2v) is 6.56. The van der Waals surface area contributed by atoms with Crippen LogP contribution in [0.2, 0.25) is 0 Å². The van der Waals surface area contributed by atoms with Crippen LogP contribution in [0.5, 0.6) is 0 Å². The van der Waals surface area contributed by atoms with E-state index >= 15 is 0 Å². The molecule has 0 spiro atoms. The quantitative estimate of drug-likeness (QED) is 0.404. The number of anilines is 1. The predicted octanol–water partition coefficient (Wildman–Crippen LogP) is 5.14. The maximum absolute atomic E-state index is 13.6. The van der Waals surface area contributed by atoms with Gasteiger partial charge in [0.2, 0.25) is 5.91 Å². The largest absolute Gasteiger partial charge is 0.376 e. The van der Waals surface area contributed by atoms with Gasteiger partial charge in [-0.2, -0.15) is 0 Å². The molecule has 0 heterocycles. The Labute approximate surface area is 162 Å². The SMILES string of the molecule is CC(C)(CCCCc1ccccc1)C(=O)Nc1ccc(F)[c-]c1F.[Ti]. The Balaban J connectivity index is 0.00000312. The summed E-state index contributed by atoms with van der Waals surface area (Å²) in [6.45, 7) is 3.66. The van der Waals surface area contributed by atoms with Crippen LogP contribution < -0.4 is 5.32 Å². The molecule has 2 nitrogen and oxygen atoms in total. The first-order valence-corrected chi connectivity index (χ1v) is 8.11. The van der Waals surface area contributed by atoms with Gasteiger partial charge in [0.1, 0.15) is 0 Å². The number of halogens is 2. The number of hydrogen-bond donors (Lipinski definition) is 1. The van der Waals surface area contributed by atoms with Crippen molar-refractivity contribution in [1.82, 2.24) is 0 Å². The summed E-state index contributed by atoms with van der Waals surface area (Å²) < 4.78 is 26.4. The number of amides is 1. The molecule has 0 bridgehead atoms. The smallest absolute Gasteiger partial charge is 0.219 e. The number of hydrogen-bond acceptors (Lipinski definition) is 1. The zero-order chi connectivity index (χ0) is 17.6. The molecule has 2 aromatic carbocycles. The van der Waals surface area contributed by atoms with Gasteiger partial charge in [-0.3, -0.25) is 4.79 Å². The van der Waals surface area contributed by atoms with E-state index in [9.17, 15) is 13.6 Å². The molecule has 0 atom stereocenters. The van der Waals surface area contributed by atoms with Gasteiger partial charge in [0, 0.05) is 38.8 Å². The normalized spacial score (nSPS) is 10.9. The number of rotatable bonds is 7. The van der Waals surface area contributed by atoms with Crippen molar-refractivity contribution in [1.29, 1.82) is 0 Å². The number of benzene rings is 2. The van der Waals surface area contributed by atoms with Crippen molar-refractivity contribution in [2.24, 2.45) is 5.41 Å². The first-order valence-electron chi connectivity index (χ1n) is 8.11. The van der Waals surface area contributed by atoms with Gasteiger partial charge in [-0.05, 0) is 30.5 Å². The number of aryl methyl sites for hydroxylation is 1. The molecule has 1 amide bonds. The minimum atomic E-state index is -0.886. The van der Waals surface area contributed by atoms with Crippen molar-refractivity contribution >= 4 is 11.6 Å². The van der Waals surface area contributed by atoms with Crippen LogP contribution in [0.4, 0.5) is 14.5 Å². The third-order valence-corrected chi connectivity index (χ3v) is 4.08. The maximum Gasteiger partial charge on any atom is 0.219 e. The Kier molecular flexibility index (Phi) is 8.47. The molecule has 2 aromatic rings. The van der Waals surface area contributed by atoms with E-state index in [4.69, 9.17) is 0 Å². The molecule has 0 fully saturated rings. The summed E-state index contributed by atoms with van der Waals surface area (Å²) in [5.41, 5.74) is 0.611. The molecule has 5 heteroatoms. The molecule has 0 saturated carbocycles. The van der Waals surface area contributed by atoms with Crippen LogP contribution >= 0.6 is 0 Å². The van der Waals surface area contributed by atoms with Gasteiger partial charge in [-0.1, -0.05) is 50.6 Å². The standard InChI is InChI=1S/C20H22F2NO.Ti/c1-20(2,13-7-6-10-15-8-4-3-5-9-15)19(24)23-18-12-11-16(21)14-17(18)22;/h3-5,8-9,11-12H,6-7,10,13H2,1-2H3,(H,23,24);/q-1;. The van der Waals surface area contributed by atoms with E-state index in [0.29, 0.717) is 6.42 Å². The first-order chi connectivity index (χ1) is 11.4. The van der Waals surface area contributed by atoms with E-state index in [1.165, 1.54) is 11.6 Å². The summed E-state index contributed by atoms with van der Waals surface area (Å²) in [6, 6.07) is 14.4. The van der Waals surface area contributed by atoms with Crippen molar-refractivity contribution in [3.8, 4) is 0 Å². The summed E-state index contributed by atoms with van der Waals surface area (Å²) in [5.74, 6) is -1.95. The van der Waals surface area contributed by atoms with Crippen molar-refractivity contribution < 1.29 is 35.3 Å². The zero-order valence-electron chi connectivity index (χ0n) is 14.5. The van der Waals surface area contributed by atoms with E-state index < -0.39 is 17.0 Å². The van der Waals surface area contributed by atoms with Crippen molar-refractivity contribution in [3.63, 3.8) is 0 Å². The molecular weight excluding hydrogens is 356 g/mol. The van der Waals surface area contributed by atoms with Gasteiger partial charge >= 0.3 is 0 Å². The Morgan fingerprint density at radius 2 is 1.76 bits per heavy atom. The van der Waals surface area contributed by atoms with Crippen LogP contribution in [-0.4, -0.2) is 5.91 Å². The minimum absolute atomic E-state index is 0. The molecular formula is C20H22F2NOTi-. The summed E-state index contributed by atoms with van der Waals surface area (Å²) in [5, 5.41) is 2.52. The van der Waals surface area contributed by atoms with Crippen LogP contribution in [-0.2, 0) is 32.9 Å². The fourth-order valence-corrected chi connectivity index (χ4v) is 2.49. The third-order valence-electron chi connectivity index (χ3n) is 4.08. The van der Waals surface area contributed by atoms with Gasteiger partial charge in [-0.25, -0.2) is 8.78 Å². The Hall–Kier alpha value is -1.52. The molecule has 0 saturated heterocycles. The predicted molar refractivity (Wildman–Crippen MR) is 91.6 cm³/mol. The van der Waals surface area contributed by atoms with E-state index in [0.717, 1.165) is 25.3 Å². The molecule has 132 valence electrons. The average molecular weight is 378 g/mol. The third kappa shape index (κ3) is 6.71. The van der Waals surface area contributed by atoms with Gasteiger partial charge in [0.05, 0.1) is 0 Å². The maximum atomic E-state index is 13.6. The fraction of sp³-hybridized carbons (Fsp3) is 0.350. The molecule has 25 heavy (non-hydrogen) atoms. The molecule has 0 radical (unpaired) electrons. The second kappa shape index (κ2) is 9.83. The topological polar surface area (TPSA) is 29.1 Å². The first kappa shape index (κ1) is 21.5. The summed E-state index contributed by atoms with van der Waals surface area (Å²) in [6.07, 6.45) is 3.55. The van der Waals surface area contributed by atoms with E-state index in [-0.39, 0.29) is 33.3 Å². The molecule has 0 aliphatic heterocycles. The van der Waals surface area contributed by atoms with Crippen LogP contribution in [0.3, 0.4) is 0 Å². The monoisotopic (exact) mass is 378 g/mol. The van der Waals surface area contributed by atoms with E-state index in [1.807, 2.05) is 38.1 Å². The van der Waals surface area contributed by atoms with E-state index in [2.05, 4.69) is 17.4 Å². The molecule has 0 aromatic heterocycles. The van der Waals surface area contributed by atoms with Crippen molar-refractivity contribution in [2.45, 2.75) is 39.5 Å². The molecule has 2 rings (SSSR count). The van der Waals surface area contributed by atoms with Gasteiger partial charge in [-0.15, -0.1) is 18.2 Å². The van der Waals surface area contributed by atoms with Gasteiger partial charge < -0.3 is 5.32 Å². The minimum Gasteiger partial charge on any atom is -0.376 e. The Bertz CT molecular complexity index is 689. The van der Waals surface area contributed by atoms with E-state index in [1.54, 1.807) is 0 Å². The molecule has 1 N–H and O–H groups in total. The Morgan fingerprint density at radius 3 is 2.40 bits per heavy atom. The Morgan fingerprint density at radius 1 is 1.08 bits per heavy atom. The number of carbonyl (C=O) groups excluding carboxylic acids is 1. The summed E-state index contributed by atoms with van der Waals surface area (Å²) in [4.78, 5) is 12.4. The fourth-order valence-electron chi connectivity index (χ4n) is 2.49. The van der Waals surface area contributed by atoms with Crippen LogP contribution in [0.1, 0.15) is 38.7 Å². The van der Waals surface area contributed by atoms with Crippen molar-refractivity contribution in [2.75, 3.05) is 5.32 Å². The zero-order valence-corrected chi connectivity index (χ0v) is 16.1. The average Bonchev–Trinajstić information content (AvgIpc) is 2.55. The number of carbonyl (C=O) groups is 1. The molecule has 0 unspecified atom stereocenters. The molecule has 0 aliphatic carbocycles. The van der Waals surface area contributed by atoms with Crippen LogP contribution in [0.15, 0.2) is 42.5 Å². The second-order valence-electron chi connectivity index (χ2n) is 6.56. The number of nitrogens with one attached hydrogen (secondary N) is 1. The van der Waals surface area contributed by atoms with Gasteiger partial charge in [0.25, 0.3) is 0 Å². The van der Waals surface area contributed by atoms with Crippen molar-refractivity contribution in [3.05, 3.63) is 65.7 Å². The van der Waals surface area contributed by atoms with Crippen LogP contribution in [0.25, 0.3) is 0 Å².